The molecule has 0 spiro atoms. The average Bonchev–Trinajstić information content (AvgIpc) is 2.42. The zero-order chi connectivity index (χ0) is 11.1. The molecule has 2 rings (SSSR count). The van der Waals surface area contributed by atoms with Gasteiger partial charge in [0.25, 0.3) is 5.91 Å². The smallest absolute Gasteiger partial charge is 0.263 e. The predicted molar refractivity (Wildman–Crippen MR) is 49.8 cm³/mol. The molecule has 0 bridgehead atoms. The van der Waals surface area contributed by atoms with Gasteiger partial charge in [0, 0.05) is 0 Å². The molecule has 0 aromatic heterocycles. The lowest BCUT2D eigenvalue weighted by molar-refractivity contribution is -0.135. The zero-order valence-electron chi connectivity index (χ0n) is 7.73. The van der Waals surface area contributed by atoms with Crippen LogP contribution in [-0.2, 0) is 15.2 Å². The highest BCUT2D eigenvalue weighted by molar-refractivity contribution is 6.07. The molecule has 1 atom stereocenters. The van der Waals surface area contributed by atoms with Gasteiger partial charge < -0.3 is 10.2 Å². The van der Waals surface area contributed by atoms with Crippen LogP contribution in [0.4, 0.5) is 0 Å². The van der Waals surface area contributed by atoms with Crippen LogP contribution in [0.15, 0.2) is 24.3 Å². The third-order valence-electron chi connectivity index (χ3n) is 2.39. The van der Waals surface area contributed by atoms with Gasteiger partial charge in [-0.25, -0.2) is 0 Å². The van der Waals surface area contributed by atoms with E-state index in [0.29, 0.717) is 5.56 Å². The Morgan fingerprint density at radius 2 is 1.80 bits per heavy atom. The lowest BCUT2D eigenvalue weighted by Gasteiger charge is -2.18. The van der Waals surface area contributed by atoms with Gasteiger partial charge in [-0.2, -0.15) is 0 Å². The molecule has 1 saturated heterocycles. The summed E-state index contributed by atoms with van der Waals surface area (Å²) in [4.78, 5) is 22.3. The number of hydrogen-bond acceptors (Lipinski definition) is 4. The van der Waals surface area contributed by atoms with E-state index < -0.39 is 17.4 Å². The number of benzene rings is 1. The van der Waals surface area contributed by atoms with Crippen molar-refractivity contribution >= 4 is 11.8 Å². The monoisotopic (exact) mass is 207 g/mol. The number of carbonyl (C=O) groups excluding carboxylic acids is 2. The van der Waals surface area contributed by atoms with Crippen molar-refractivity contribution in [1.82, 2.24) is 5.32 Å². The number of nitrogens with one attached hydrogen (secondary N) is 1. The van der Waals surface area contributed by atoms with Gasteiger partial charge in [0.15, 0.2) is 5.60 Å². The Morgan fingerprint density at radius 1 is 1.20 bits per heavy atom. The Kier molecular flexibility index (Phi) is 1.97. The molecule has 15 heavy (non-hydrogen) atoms. The topological polar surface area (TPSA) is 86.6 Å². The molecule has 1 heterocycles. The van der Waals surface area contributed by atoms with E-state index in [4.69, 9.17) is 5.11 Å². The summed E-state index contributed by atoms with van der Waals surface area (Å²) in [5.41, 5.74) is -1.51. The van der Waals surface area contributed by atoms with Crippen LogP contribution >= 0.6 is 0 Å². The van der Waals surface area contributed by atoms with Gasteiger partial charge in [-0.3, -0.25) is 14.9 Å². The molecule has 1 aromatic rings. The Labute approximate surface area is 85.3 Å². The fraction of sp³-hybridized carbons (Fsp3) is 0.200. The number of phenols is 1. The quantitative estimate of drug-likeness (QED) is 0.548. The van der Waals surface area contributed by atoms with Crippen molar-refractivity contribution in [3.05, 3.63) is 29.8 Å². The molecule has 1 fully saturated rings. The van der Waals surface area contributed by atoms with Gasteiger partial charge in [-0.15, -0.1) is 0 Å². The maximum atomic E-state index is 11.3. The summed E-state index contributed by atoms with van der Waals surface area (Å²) in [6, 6.07) is 5.52. The first-order valence-electron chi connectivity index (χ1n) is 4.38. The maximum absolute atomic E-state index is 11.3. The number of rotatable bonds is 1. The molecule has 5 heteroatoms. The highest BCUT2D eigenvalue weighted by Crippen LogP contribution is 2.30. The van der Waals surface area contributed by atoms with Gasteiger partial charge in [-0.05, 0) is 17.7 Å². The van der Waals surface area contributed by atoms with E-state index in [0.717, 1.165) is 0 Å². The number of imide groups is 1. The molecule has 0 radical (unpaired) electrons. The van der Waals surface area contributed by atoms with Crippen LogP contribution in [0.3, 0.4) is 0 Å². The minimum Gasteiger partial charge on any atom is -0.508 e. The first-order chi connectivity index (χ1) is 7.02. The highest BCUT2D eigenvalue weighted by atomic mass is 16.3. The summed E-state index contributed by atoms with van der Waals surface area (Å²) in [6.45, 7) is 0. The van der Waals surface area contributed by atoms with Crippen LogP contribution in [0, 0.1) is 0 Å². The van der Waals surface area contributed by atoms with Crippen LogP contribution in [-0.4, -0.2) is 22.0 Å². The summed E-state index contributed by atoms with van der Waals surface area (Å²) in [7, 11) is 0. The largest absolute Gasteiger partial charge is 0.508 e. The van der Waals surface area contributed by atoms with Gasteiger partial charge in [-0.1, -0.05) is 12.1 Å². The minimum absolute atomic E-state index is 0.0343. The van der Waals surface area contributed by atoms with E-state index in [1.54, 1.807) is 0 Å². The Balaban J connectivity index is 2.41. The number of amides is 2. The first-order valence-corrected chi connectivity index (χ1v) is 4.38. The van der Waals surface area contributed by atoms with Crippen LogP contribution in [0.25, 0.3) is 0 Å². The predicted octanol–water partition coefficient (Wildman–Crippen LogP) is -0.374. The highest BCUT2D eigenvalue weighted by Gasteiger charge is 2.46. The third-order valence-corrected chi connectivity index (χ3v) is 2.39. The fourth-order valence-electron chi connectivity index (χ4n) is 1.56. The second kappa shape index (κ2) is 3.06. The number of aliphatic hydroxyl groups is 1. The molecule has 1 aliphatic heterocycles. The molecule has 0 aliphatic carbocycles. The van der Waals surface area contributed by atoms with Crippen molar-refractivity contribution in [2.45, 2.75) is 12.0 Å². The fourth-order valence-corrected chi connectivity index (χ4v) is 1.56. The standard InChI is InChI=1S/C10H9NO4/c12-7-3-1-6(2-4-7)10(15)5-8(13)11-9(10)14/h1-4,12,15H,5H2,(H,11,13,14). The van der Waals surface area contributed by atoms with Gasteiger partial charge in [0.05, 0.1) is 6.42 Å². The molecule has 1 unspecified atom stereocenters. The summed E-state index contributed by atoms with van der Waals surface area (Å²) in [5, 5.41) is 21.1. The Hall–Kier alpha value is -1.88. The van der Waals surface area contributed by atoms with Crippen LogP contribution in [0.2, 0.25) is 0 Å². The summed E-state index contributed by atoms with van der Waals surface area (Å²) in [5.74, 6) is -1.19. The normalized spacial score (nSPS) is 25.4. The van der Waals surface area contributed by atoms with Gasteiger partial charge in [0.2, 0.25) is 5.91 Å². The molecule has 2 amide bonds. The summed E-state index contributed by atoms with van der Waals surface area (Å²) >= 11 is 0. The third kappa shape index (κ3) is 1.46. The Morgan fingerprint density at radius 3 is 2.27 bits per heavy atom. The zero-order valence-corrected chi connectivity index (χ0v) is 7.73. The molecule has 3 N–H and O–H groups in total. The molecular weight excluding hydrogens is 198 g/mol. The average molecular weight is 207 g/mol. The summed E-state index contributed by atoms with van der Waals surface area (Å²) < 4.78 is 0. The molecule has 1 aliphatic rings. The second-order valence-corrected chi connectivity index (χ2v) is 3.46. The molecular formula is C10H9NO4. The van der Waals surface area contributed by atoms with Gasteiger partial charge >= 0.3 is 0 Å². The van der Waals surface area contributed by atoms with Crippen molar-refractivity contribution in [1.29, 1.82) is 0 Å². The van der Waals surface area contributed by atoms with Crippen LogP contribution in [0.5, 0.6) is 5.75 Å². The minimum atomic E-state index is -1.80. The first kappa shape index (κ1) is 9.67. The molecule has 78 valence electrons. The van der Waals surface area contributed by atoms with Crippen LogP contribution in [0.1, 0.15) is 12.0 Å². The van der Waals surface area contributed by atoms with Gasteiger partial charge in [0.1, 0.15) is 5.75 Å². The van der Waals surface area contributed by atoms with Crippen molar-refractivity contribution < 1.29 is 19.8 Å². The molecule has 1 aromatic carbocycles. The van der Waals surface area contributed by atoms with Crippen LogP contribution < -0.4 is 5.32 Å². The lowest BCUT2D eigenvalue weighted by atomic mass is 9.92. The van der Waals surface area contributed by atoms with Crippen molar-refractivity contribution in [3.63, 3.8) is 0 Å². The Bertz CT molecular complexity index is 426. The second-order valence-electron chi connectivity index (χ2n) is 3.46. The number of hydrogen-bond donors (Lipinski definition) is 3. The van der Waals surface area contributed by atoms with E-state index in [1.807, 2.05) is 5.32 Å². The van der Waals surface area contributed by atoms with Crippen molar-refractivity contribution in [2.24, 2.45) is 0 Å². The van der Waals surface area contributed by atoms with E-state index in [9.17, 15) is 14.7 Å². The summed E-state index contributed by atoms with van der Waals surface area (Å²) in [6.07, 6.45) is -0.281. The van der Waals surface area contributed by atoms with Crippen molar-refractivity contribution in [2.75, 3.05) is 0 Å². The van der Waals surface area contributed by atoms with E-state index >= 15 is 0 Å². The van der Waals surface area contributed by atoms with E-state index in [1.165, 1.54) is 24.3 Å². The maximum Gasteiger partial charge on any atom is 0.263 e. The molecule has 5 nitrogen and oxygen atoms in total. The van der Waals surface area contributed by atoms with Crippen molar-refractivity contribution in [3.8, 4) is 5.75 Å². The number of aromatic hydroxyl groups is 1. The number of carbonyl (C=O) groups is 2. The number of phenolic OH excluding ortho intramolecular Hbond substituents is 1. The lowest BCUT2D eigenvalue weighted by Crippen LogP contribution is -2.35. The SMILES string of the molecule is O=C1CC(O)(c2ccc(O)cc2)C(=O)N1. The molecule has 0 saturated carbocycles. The van der Waals surface area contributed by atoms with E-state index in [2.05, 4.69) is 0 Å². The van der Waals surface area contributed by atoms with E-state index in [-0.39, 0.29) is 12.2 Å².